The zero-order valence-electron chi connectivity index (χ0n) is 21.2. The van der Waals surface area contributed by atoms with Crippen LogP contribution in [-0.4, -0.2) is 71.9 Å². The summed E-state index contributed by atoms with van der Waals surface area (Å²) in [6.07, 6.45) is 0. The number of hydrogen-bond donors (Lipinski definition) is 1. The quantitative estimate of drug-likeness (QED) is 0.534. The van der Waals surface area contributed by atoms with E-state index in [4.69, 9.17) is 9.47 Å². The average Bonchev–Trinajstić information content (AvgIpc) is 3.17. The molecule has 1 fully saturated rings. The highest BCUT2D eigenvalue weighted by molar-refractivity contribution is 5.95. The van der Waals surface area contributed by atoms with Crippen LogP contribution < -0.4 is 14.8 Å². The molecule has 3 aromatic rings. The third-order valence-electron chi connectivity index (χ3n) is 6.76. The molecule has 8 nitrogen and oxygen atoms in total. The van der Waals surface area contributed by atoms with Gasteiger partial charge in [-0.05, 0) is 51.1 Å². The summed E-state index contributed by atoms with van der Waals surface area (Å²) in [6, 6.07) is 15.6. The second-order valence-electron chi connectivity index (χ2n) is 8.95. The molecule has 1 N–H and O–H groups in total. The van der Waals surface area contributed by atoms with Crippen molar-refractivity contribution in [2.24, 2.45) is 0 Å². The van der Waals surface area contributed by atoms with Crippen molar-refractivity contribution in [3.05, 3.63) is 65.5 Å². The van der Waals surface area contributed by atoms with E-state index in [1.807, 2.05) is 74.0 Å². The van der Waals surface area contributed by atoms with Crippen molar-refractivity contribution < 1.29 is 14.3 Å². The van der Waals surface area contributed by atoms with Gasteiger partial charge in [-0.1, -0.05) is 18.2 Å². The standard InChI is InChI=1S/C27H35N5O3/c1-19-26(20(2)32(29-19)23-9-7-6-8-10-23)28-27(33)21(3)31-15-13-30(14-16-31)18-22-17-24(34-4)11-12-25(22)35-5/h6-12,17,21H,13-16,18H2,1-5H3,(H,28,33). The van der Waals surface area contributed by atoms with Crippen molar-refractivity contribution in [3.63, 3.8) is 0 Å². The number of methoxy groups -OCH3 is 2. The summed E-state index contributed by atoms with van der Waals surface area (Å²) < 4.78 is 12.8. The van der Waals surface area contributed by atoms with E-state index < -0.39 is 0 Å². The number of carbonyl (C=O) groups is 1. The van der Waals surface area contributed by atoms with Crippen molar-refractivity contribution >= 4 is 11.6 Å². The fourth-order valence-electron chi connectivity index (χ4n) is 4.59. The monoisotopic (exact) mass is 477 g/mol. The number of carbonyl (C=O) groups excluding carboxylic acids is 1. The van der Waals surface area contributed by atoms with Crippen LogP contribution >= 0.6 is 0 Å². The number of amides is 1. The van der Waals surface area contributed by atoms with E-state index in [1.165, 1.54) is 0 Å². The van der Waals surface area contributed by atoms with Crippen LogP contribution in [0.5, 0.6) is 11.5 Å². The van der Waals surface area contributed by atoms with Gasteiger partial charge in [-0.3, -0.25) is 14.6 Å². The highest BCUT2D eigenvalue weighted by Crippen LogP contribution is 2.26. The first-order valence-electron chi connectivity index (χ1n) is 12.0. The average molecular weight is 478 g/mol. The molecule has 1 aliphatic rings. The van der Waals surface area contributed by atoms with Gasteiger partial charge in [0, 0.05) is 38.3 Å². The first-order valence-corrected chi connectivity index (χ1v) is 12.0. The van der Waals surface area contributed by atoms with Crippen molar-refractivity contribution in [3.8, 4) is 17.2 Å². The van der Waals surface area contributed by atoms with Crippen LogP contribution in [0.25, 0.3) is 5.69 Å². The molecule has 1 saturated heterocycles. The molecular weight excluding hydrogens is 442 g/mol. The first-order chi connectivity index (χ1) is 16.9. The van der Waals surface area contributed by atoms with Crippen LogP contribution in [0.4, 0.5) is 5.69 Å². The summed E-state index contributed by atoms with van der Waals surface area (Å²) in [6.45, 7) is 10.1. The Morgan fingerprint density at radius 1 is 1.03 bits per heavy atom. The minimum Gasteiger partial charge on any atom is -0.497 e. The van der Waals surface area contributed by atoms with Gasteiger partial charge < -0.3 is 14.8 Å². The lowest BCUT2D eigenvalue weighted by atomic mass is 10.1. The van der Waals surface area contributed by atoms with Gasteiger partial charge in [-0.15, -0.1) is 0 Å². The zero-order chi connectivity index (χ0) is 24.9. The van der Waals surface area contributed by atoms with Gasteiger partial charge in [0.05, 0.1) is 43.0 Å². The molecule has 0 bridgehead atoms. The minimum absolute atomic E-state index is 0.00766. The van der Waals surface area contributed by atoms with E-state index >= 15 is 0 Å². The molecule has 1 aliphatic heterocycles. The van der Waals surface area contributed by atoms with Gasteiger partial charge >= 0.3 is 0 Å². The number of nitrogens with zero attached hydrogens (tertiary/aromatic N) is 4. The highest BCUT2D eigenvalue weighted by atomic mass is 16.5. The van der Waals surface area contributed by atoms with Gasteiger partial charge in [-0.25, -0.2) is 4.68 Å². The molecule has 0 aliphatic carbocycles. The van der Waals surface area contributed by atoms with Gasteiger partial charge in [0.15, 0.2) is 0 Å². The molecule has 0 spiro atoms. The van der Waals surface area contributed by atoms with E-state index in [-0.39, 0.29) is 11.9 Å². The second-order valence-corrected chi connectivity index (χ2v) is 8.95. The predicted molar refractivity (Wildman–Crippen MR) is 138 cm³/mol. The lowest BCUT2D eigenvalue weighted by Crippen LogP contribution is -2.52. The summed E-state index contributed by atoms with van der Waals surface area (Å²) in [4.78, 5) is 17.8. The van der Waals surface area contributed by atoms with E-state index in [0.717, 1.165) is 72.5 Å². The molecule has 8 heteroatoms. The molecule has 1 unspecified atom stereocenters. The molecule has 2 heterocycles. The molecule has 4 rings (SSSR count). The van der Waals surface area contributed by atoms with Gasteiger partial charge in [0.1, 0.15) is 11.5 Å². The van der Waals surface area contributed by atoms with Crippen LogP contribution in [0, 0.1) is 13.8 Å². The third kappa shape index (κ3) is 5.49. The van der Waals surface area contributed by atoms with Crippen molar-refractivity contribution in [2.45, 2.75) is 33.4 Å². The Morgan fingerprint density at radius 3 is 2.40 bits per heavy atom. The molecular formula is C27H35N5O3. The van der Waals surface area contributed by atoms with Crippen molar-refractivity contribution in [1.29, 1.82) is 0 Å². The number of para-hydroxylation sites is 1. The molecule has 1 amide bonds. The minimum atomic E-state index is -0.234. The van der Waals surface area contributed by atoms with Crippen LogP contribution in [0.1, 0.15) is 23.9 Å². The van der Waals surface area contributed by atoms with E-state index in [0.29, 0.717) is 0 Å². The van der Waals surface area contributed by atoms with Gasteiger partial charge in [0.2, 0.25) is 5.91 Å². The van der Waals surface area contributed by atoms with Crippen LogP contribution in [0.15, 0.2) is 48.5 Å². The Kier molecular flexibility index (Phi) is 7.73. The summed E-state index contributed by atoms with van der Waals surface area (Å²) >= 11 is 0. The number of ether oxygens (including phenoxy) is 2. The fraction of sp³-hybridized carbons (Fsp3) is 0.407. The SMILES string of the molecule is COc1ccc(OC)c(CN2CCN(C(C)C(=O)Nc3c(C)nn(-c4ccccc4)c3C)CC2)c1. The second kappa shape index (κ2) is 10.9. The number of hydrogen-bond acceptors (Lipinski definition) is 6. The Hall–Kier alpha value is -3.36. The number of anilines is 1. The highest BCUT2D eigenvalue weighted by Gasteiger charge is 2.27. The predicted octanol–water partition coefficient (Wildman–Crippen LogP) is 3.65. The Bertz CT molecular complexity index is 1150. The van der Waals surface area contributed by atoms with Crippen LogP contribution in [0.2, 0.25) is 0 Å². The lowest BCUT2D eigenvalue weighted by molar-refractivity contribution is -0.121. The number of benzene rings is 2. The summed E-state index contributed by atoms with van der Waals surface area (Å²) in [7, 11) is 3.36. The molecule has 35 heavy (non-hydrogen) atoms. The molecule has 2 aromatic carbocycles. The van der Waals surface area contributed by atoms with E-state index in [9.17, 15) is 4.79 Å². The molecule has 1 atom stereocenters. The Balaban J connectivity index is 1.36. The van der Waals surface area contributed by atoms with E-state index in [2.05, 4.69) is 20.2 Å². The smallest absolute Gasteiger partial charge is 0.241 e. The van der Waals surface area contributed by atoms with E-state index in [1.54, 1.807) is 14.2 Å². The number of rotatable bonds is 8. The van der Waals surface area contributed by atoms with Crippen molar-refractivity contribution in [2.75, 3.05) is 45.7 Å². The molecule has 0 radical (unpaired) electrons. The first kappa shape index (κ1) is 24.8. The maximum atomic E-state index is 13.2. The molecule has 0 saturated carbocycles. The zero-order valence-corrected chi connectivity index (χ0v) is 21.2. The Morgan fingerprint density at radius 2 is 1.74 bits per heavy atom. The lowest BCUT2D eigenvalue weighted by Gasteiger charge is -2.37. The van der Waals surface area contributed by atoms with Crippen molar-refractivity contribution in [1.82, 2.24) is 19.6 Å². The summed E-state index contributed by atoms with van der Waals surface area (Å²) in [5.41, 5.74) is 4.60. The number of piperazine rings is 1. The topological polar surface area (TPSA) is 71.9 Å². The van der Waals surface area contributed by atoms with Gasteiger partial charge in [0.25, 0.3) is 0 Å². The number of aryl methyl sites for hydroxylation is 1. The maximum absolute atomic E-state index is 13.2. The molecule has 1 aromatic heterocycles. The maximum Gasteiger partial charge on any atom is 0.241 e. The Labute approximate surface area is 207 Å². The fourth-order valence-corrected chi connectivity index (χ4v) is 4.59. The molecule has 186 valence electrons. The van der Waals surface area contributed by atoms with Crippen LogP contribution in [0.3, 0.4) is 0 Å². The van der Waals surface area contributed by atoms with Gasteiger partial charge in [-0.2, -0.15) is 5.10 Å². The third-order valence-corrected chi connectivity index (χ3v) is 6.76. The summed E-state index contributed by atoms with van der Waals surface area (Å²) in [5, 5.41) is 7.78. The normalized spacial score (nSPS) is 15.6. The van der Waals surface area contributed by atoms with Crippen LogP contribution in [-0.2, 0) is 11.3 Å². The number of aromatic nitrogens is 2. The number of nitrogens with one attached hydrogen (secondary N) is 1. The largest absolute Gasteiger partial charge is 0.497 e. The summed E-state index contributed by atoms with van der Waals surface area (Å²) in [5.74, 6) is 1.68.